The first-order valence-corrected chi connectivity index (χ1v) is 29.4. The van der Waals surface area contributed by atoms with Gasteiger partial charge in [0, 0.05) is 59.1 Å². The Hall–Kier alpha value is -5.96. The molecule has 0 N–H and O–H groups in total. The monoisotopic (exact) mass is 1100 g/mol. The second-order valence-corrected chi connectivity index (χ2v) is 24.1. The van der Waals surface area contributed by atoms with E-state index in [1.807, 2.05) is 22.7 Å². The van der Waals surface area contributed by atoms with E-state index in [0.29, 0.717) is 26.4 Å². The second-order valence-electron chi connectivity index (χ2n) is 18.7. The molecule has 13 heteroatoms. The SMILES string of the molecule is CC[C@@H]1COC(c2ccc(-c3cc(-c4sc(-c5sc(-c6sccc6-c6ccc(C7=N[C@H](CC)CO7)cc6)cc5-c5ccc(C6=N[C@H](CC)CO6)cc5)cc4-c4ccc(C5=N[C@H](CC)CO5)cc4)sc3Br)cc2)=N1. The van der Waals surface area contributed by atoms with Gasteiger partial charge in [-0.3, -0.25) is 0 Å². The quantitative estimate of drug-likeness (QED) is 0.102. The summed E-state index contributed by atoms with van der Waals surface area (Å²) >= 11 is 11.3. The number of aliphatic imine (C=N–C) groups is 4. The van der Waals surface area contributed by atoms with E-state index in [-0.39, 0.29) is 24.2 Å². The van der Waals surface area contributed by atoms with Gasteiger partial charge in [-0.05, 0) is 142 Å². The van der Waals surface area contributed by atoms with Gasteiger partial charge in [0.2, 0.25) is 23.6 Å². The van der Waals surface area contributed by atoms with E-state index < -0.39 is 0 Å². The van der Waals surface area contributed by atoms with E-state index in [9.17, 15) is 0 Å². The first kappa shape index (κ1) is 48.0. The molecule has 73 heavy (non-hydrogen) atoms. The molecule has 4 aromatic heterocycles. The van der Waals surface area contributed by atoms with Crippen LogP contribution in [0.15, 0.2) is 150 Å². The maximum atomic E-state index is 6.07. The molecular weight excluding hydrogens is 1050 g/mol. The topological polar surface area (TPSA) is 86.4 Å². The molecule has 0 radical (unpaired) electrons. The van der Waals surface area contributed by atoms with Gasteiger partial charge in [-0.25, -0.2) is 20.0 Å². The van der Waals surface area contributed by atoms with Crippen LogP contribution in [0.2, 0.25) is 0 Å². The van der Waals surface area contributed by atoms with Gasteiger partial charge in [-0.2, -0.15) is 0 Å². The van der Waals surface area contributed by atoms with Crippen molar-refractivity contribution in [2.24, 2.45) is 20.0 Å². The van der Waals surface area contributed by atoms with Gasteiger partial charge in [0.25, 0.3) is 0 Å². The fraction of sp³-hybridized carbons (Fsp3) is 0.267. The van der Waals surface area contributed by atoms with Crippen LogP contribution in [0.3, 0.4) is 0 Å². The van der Waals surface area contributed by atoms with Crippen LogP contribution < -0.4 is 0 Å². The highest BCUT2D eigenvalue weighted by Crippen LogP contribution is 2.54. The van der Waals surface area contributed by atoms with Crippen molar-refractivity contribution >= 4 is 84.9 Å². The van der Waals surface area contributed by atoms with Gasteiger partial charge in [0.05, 0.1) is 42.6 Å². The Balaban J connectivity index is 0.960. The third kappa shape index (κ3) is 9.59. The predicted octanol–water partition coefficient (Wildman–Crippen LogP) is 16.6. The molecule has 0 bridgehead atoms. The average Bonchev–Trinajstić information content (AvgIpc) is 4.29. The average molecular weight is 1100 g/mol. The molecule has 0 spiro atoms. The Bertz CT molecular complexity index is 3440. The highest BCUT2D eigenvalue weighted by Gasteiger charge is 2.27. The van der Waals surface area contributed by atoms with Crippen LogP contribution in [0.1, 0.15) is 75.6 Å². The minimum absolute atomic E-state index is 0.201. The van der Waals surface area contributed by atoms with Crippen molar-refractivity contribution in [3.8, 4) is 73.8 Å². The summed E-state index contributed by atoms with van der Waals surface area (Å²) in [4.78, 5) is 26.7. The number of benzene rings is 4. The van der Waals surface area contributed by atoms with Crippen LogP contribution in [0.5, 0.6) is 0 Å². The van der Waals surface area contributed by atoms with Crippen LogP contribution in [0.25, 0.3) is 73.8 Å². The Morgan fingerprint density at radius 1 is 0.384 bits per heavy atom. The smallest absolute Gasteiger partial charge is 0.216 e. The minimum Gasteiger partial charge on any atom is -0.475 e. The lowest BCUT2D eigenvalue weighted by atomic mass is 10.00. The van der Waals surface area contributed by atoms with Crippen molar-refractivity contribution in [3.05, 3.63) is 153 Å². The molecule has 8 heterocycles. The minimum atomic E-state index is 0.201. The molecule has 0 amide bonds. The molecule has 4 atom stereocenters. The van der Waals surface area contributed by atoms with Gasteiger partial charge in [0.15, 0.2) is 0 Å². The van der Waals surface area contributed by atoms with Crippen molar-refractivity contribution in [2.45, 2.75) is 77.5 Å². The highest BCUT2D eigenvalue weighted by molar-refractivity contribution is 9.11. The standard InChI is InChI=1S/C60H53BrN4O4S4/c1-5-42-30-66-57(62-42)38-17-9-34(10-18-38)46-25-26-70-53(46)50-27-47(35-11-19-39(20-12-35)58-63-43(6-2)31-67-58)54(71-50)51-28-48(36-13-21-40(22-14-36)59-64-44(7-3)32-68-59)55(72-51)52-29-49(56(61)73-52)37-15-23-41(24-16-37)60-65-45(8-4)33-69-60/h9-29,42-45H,5-8,30-33H2,1-4H3/t42-,43-,44-,45-/m1/s1. The molecular formula is C60H53BrN4O4S4. The molecule has 4 aliphatic rings. The first-order chi connectivity index (χ1) is 35.8. The van der Waals surface area contributed by atoms with Gasteiger partial charge in [0.1, 0.15) is 26.4 Å². The van der Waals surface area contributed by atoms with Crippen LogP contribution in [0, 0.1) is 0 Å². The van der Waals surface area contributed by atoms with E-state index >= 15 is 0 Å². The van der Waals surface area contributed by atoms with Gasteiger partial charge < -0.3 is 18.9 Å². The van der Waals surface area contributed by atoms with Crippen molar-refractivity contribution < 1.29 is 18.9 Å². The summed E-state index contributed by atoms with van der Waals surface area (Å²) < 4.78 is 25.2. The summed E-state index contributed by atoms with van der Waals surface area (Å²) in [5.74, 6) is 2.93. The first-order valence-electron chi connectivity index (χ1n) is 25.2. The fourth-order valence-corrected chi connectivity index (χ4v) is 14.9. The maximum Gasteiger partial charge on any atom is 0.216 e. The maximum absolute atomic E-state index is 6.07. The highest BCUT2D eigenvalue weighted by atomic mass is 79.9. The zero-order chi connectivity index (χ0) is 49.6. The number of thiophene rings is 4. The van der Waals surface area contributed by atoms with E-state index in [4.69, 9.17) is 38.9 Å². The summed E-state index contributed by atoms with van der Waals surface area (Å²) in [5.41, 5.74) is 13.3. The zero-order valence-electron chi connectivity index (χ0n) is 41.0. The zero-order valence-corrected chi connectivity index (χ0v) is 45.9. The molecule has 0 saturated heterocycles. The molecule has 12 rings (SSSR count). The van der Waals surface area contributed by atoms with Crippen molar-refractivity contribution in [3.63, 3.8) is 0 Å². The molecule has 0 saturated carbocycles. The second kappa shape index (κ2) is 20.7. The number of hydrogen-bond acceptors (Lipinski definition) is 12. The third-order valence-electron chi connectivity index (χ3n) is 14.0. The molecule has 8 nitrogen and oxygen atoms in total. The molecule has 4 aromatic carbocycles. The van der Waals surface area contributed by atoms with Crippen molar-refractivity contribution in [1.29, 1.82) is 0 Å². The molecule has 0 unspecified atom stereocenters. The summed E-state index contributed by atoms with van der Waals surface area (Å²) in [6.07, 6.45) is 3.86. The van der Waals surface area contributed by atoms with Gasteiger partial charge in [-0.15, -0.1) is 45.3 Å². The van der Waals surface area contributed by atoms with Crippen LogP contribution in [-0.2, 0) is 18.9 Å². The fourth-order valence-electron chi connectivity index (χ4n) is 9.51. The van der Waals surface area contributed by atoms with E-state index in [0.717, 1.165) is 103 Å². The van der Waals surface area contributed by atoms with Crippen LogP contribution >= 0.6 is 61.3 Å². The van der Waals surface area contributed by atoms with Crippen LogP contribution in [-0.4, -0.2) is 74.2 Å². The predicted molar refractivity (Wildman–Crippen MR) is 310 cm³/mol. The largest absolute Gasteiger partial charge is 0.475 e. The van der Waals surface area contributed by atoms with E-state index in [1.165, 1.54) is 46.0 Å². The third-order valence-corrected chi connectivity index (χ3v) is 19.6. The number of nitrogens with zero attached hydrogens (tertiary/aromatic N) is 4. The lowest BCUT2D eigenvalue weighted by Crippen LogP contribution is -2.03. The summed E-state index contributed by atoms with van der Waals surface area (Å²) in [6, 6.07) is 45.1. The van der Waals surface area contributed by atoms with E-state index in [1.54, 1.807) is 22.7 Å². The van der Waals surface area contributed by atoms with Gasteiger partial charge in [-0.1, -0.05) is 76.2 Å². The summed E-state index contributed by atoms with van der Waals surface area (Å²) in [5, 5.41) is 2.21. The van der Waals surface area contributed by atoms with Gasteiger partial charge >= 0.3 is 0 Å². The molecule has 4 aliphatic heterocycles. The Labute approximate surface area is 451 Å². The van der Waals surface area contributed by atoms with Crippen molar-refractivity contribution in [1.82, 2.24) is 0 Å². The van der Waals surface area contributed by atoms with Crippen LogP contribution in [0.4, 0.5) is 0 Å². The molecule has 0 fully saturated rings. The summed E-state index contributed by atoms with van der Waals surface area (Å²) in [7, 11) is 0. The number of hydrogen-bond donors (Lipinski definition) is 0. The Morgan fingerprint density at radius 2 is 0.685 bits per heavy atom. The normalized spacial score (nSPS) is 19.2. The Morgan fingerprint density at radius 3 is 1.04 bits per heavy atom. The number of halogens is 1. The van der Waals surface area contributed by atoms with Crippen molar-refractivity contribution in [2.75, 3.05) is 26.4 Å². The molecule has 368 valence electrons. The number of rotatable bonds is 15. The Kier molecular flexibility index (Phi) is 13.6. The molecule has 8 aromatic rings. The van der Waals surface area contributed by atoms with E-state index in [2.05, 4.69) is 170 Å². The summed E-state index contributed by atoms with van der Waals surface area (Å²) in [6.45, 7) is 11.2. The number of ether oxygens (including phenoxy) is 4. The molecule has 0 aliphatic carbocycles. The lowest BCUT2D eigenvalue weighted by molar-refractivity contribution is 0.315. The lowest BCUT2D eigenvalue weighted by Gasteiger charge is -2.06.